The zero-order valence-electron chi connectivity index (χ0n) is 25.1. The molecule has 0 aromatic rings. The number of nitrogens with one attached hydrogen (secondary N) is 3. The summed E-state index contributed by atoms with van der Waals surface area (Å²) in [5.41, 5.74) is 0. The summed E-state index contributed by atoms with van der Waals surface area (Å²) >= 11 is 0. The van der Waals surface area contributed by atoms with E-state index in [9.17, 15) is 24.0 Å². The molecule has 0 aliphatic carbocycles. The Morgan fingerprint density at radius 1 is 0.521 bits per heavy atom. The van der Waals surface area contributed by atoms with Crippen LogP contribution in [0.25, 0.3) is 0 Å². The lowest BCUT2D eigenvalue weighted by Crippen LogP contribution is -2.43. The Bertz CT molecular complexity index is 659. The Hall–Kier alpha value is -2.49. The third-order valence-corrected chi connectivity index (χ3v) is 5.46. The van der Waals surface area contributed by atoms with Crippen LogP contribution in [-0.2, 0) is 52.4 Å². The number of hydrogen-bond acceptors (Lipinski definition) is 11. The normalized spacial score (nSPS) is 9.54. The molecule has 0 fully saturated rings. The van der Waals surface area contributed by atoms with Gasteiger partial charge in [-0.2, -0.15) is 0 Å². The van der Waals surface area contributed by atoms with Crippen LogP contribution in [0.15, 0.2) is 0 Å². The van der Waals surface area contributed by atoms with Gasteiger partial charge in [0.15, 0.2) is 0 Å². The maximum atomic E-state index is 12.5. The quantitative estimate of drug-likeness (QED) is 0.0688. The molecule has 48 heavy (non-hydrogen) atoms. The molecule has 0 saturated heterocycles. The lowest BCUT2D eigenvalue weighted by molar-refractivity contribution is -0.125. The number of amides is 3. The second-order valence-corrected chi connectivity index (χ2v) is 9.15. The number of unbranched alkanes of at least 4 members (excludes halogenated alkanes) is 2. The third-order valence-electron chi connectivity index (χ3n) is 5.46. The predicted octanol–water partition coefficient (Wildman–Crippen LogP) is 3.77. The molecule has 0 aromatic carbocycles. The van der Waals surface area contributed by atoms with Gasteiger partial charge >= 0.3 is 0 Å². The van der Waals surface area contributed by atoms with Crippen molar-refractivity contribution in [2.75, 3.05) is 92.9 Å². The fourth-order valence-electron chi connectivity index (χ4n) is 3.35. The van der Waals surface area contributed by atoms with E-state index in [1.54, 1.807) is 7.11 Å². The van der Waals surface area contributed by atoms with E-state index in [1.807, 2.05) is 0 Å². The van der Waals surface area contributed by atoms with E-state index in [1.165, 1.54) is 0 Å². The molecule has 0 aliphatic rings. The van der Waals surface area contributed by atoms with Crippen molar-refractivity contribution in [2.24, 2.45) is 0 Å². The maximum absolute atomic E-state index is 12.5. The molecular formula is C34H75N3O11. The number of hydrogen-bond donors (Lipinski definition) is 3. The number of carbonyl (C=O) groups excluding carboxylic acids is 5. The molecule has 0 radical (unpaired) electrons. The molecule has 0 heterocycles. The smallest absolute Gasteiger partial charge is 0.222 e. The van der Waals surface area contributed by atoms with E-state index < -0.39 is 6.04 Å². The van der Waals surface area contributed by atoms with Crippen molar-refractivity contribution in [3.63, 3.8) is 0 Å². The highest BCUT2D eigenvalue weighted by molar-refractivity contribution is 5.83. The van der Waals surface area contributed by atoms with Crippen molar-refractivity contribution in [1.29, 1.82) is 0 Å². The molecule has 14 heteroatoms. The summed E-state index contributed by atoms with van der Waals surface area (Å²) in [6.45, 7) is 4.94. The van der Waals surface area contributed by atoms with Gasteiger partial charge in [0.2, 0.25) is 17.7 Å². The SMILES string of the molecule is C.C.C.C.C.C.COCCOCCCC(=O)NC(CC(=O)NCCOCCOCCCC=O)CC(=O)NCCOCCOCCCC=O. The van der Waals surface area contributed by atoms with Crippen molar-refractivity contribution < 1.29 is 52.4 Å². The summed E-state index contributed by atoms with van der Waals surface area (Å²) in [5.74, 6) is -0.911. The van der Waals surface area contributed by atoms with E-state index in [2.05, 4.69) is 16.0 Å². The first-order valence-electron chi connectivity index (χ1n) is 14.6. The zero-order valence-corrected chi connectivity index (χ0v) is 25.1. The Kier molecular flexibility index (Phi) is 61.9. The second kappa shape index (κ2) is 48.9. The molecule has 0 spiro atoms. The van der Waals surface area contributed by atoms with Gasteiger partial charge in [-0.15, -0.1) is 0 Å². The van der Waals surface area contributed by atoms with Crippen LogP contribution in [0.5, 0.6) is 0 Å². The fraction of sp³-hybridized carbons (Fsp3) is 0.853. The molecule has 3 N–H and O–H groups in total. The Morgan fingerprint density at radius 3 is 1.29 bits per heavy atom. The van der Waals surface area contributed by atoms with Crippen LogP contribution in [0.3, 0.4) is 0 Å². The summed E-state index contributed by atoms with van der Waals surface area (Å²) in [6, 6.07) is -0.687. The van der Waals surface area contributed by atoms with Gasteiger partial charge in [0.1, 0.15) is 12.6 Å². The molecule has 0 unspecified atom stereocenters. The summed E-state index contributed by atoms with van der Waals surface area (Å²) in [4.78, 5) is 57.9. The van der Waals surface area contributed by atoms with Crippen LogP contribution in [-0.4, -0.2) is 129 Å². The van der Waals surface area contributed by atoms with Gasteiger partial charge in [-0.25, -0.2) is 0 Å². The molecule has 292 valence electrons. The van der Waals surface area contributed by atoms with Crippen LogP contribution in [0.1, 0.15) is 95.9 Å². The van der Waals surface area contributed by atoms with Crippen molar-refractivity contribution in [2.45, 2.75) is 102 Å². The summed E-state index contributed by atoms with van der Waals surface area (Å²) in [7, 11) is 1.58. The monoisotopic (exact) mass is 702 g/mol. The first kappa shape index (κ1) is 60.8. The van der Waals surface area contributed by atoms with Gasteiger partial charge in [0.25, 0.3) is 0 Å². The maximum Gasteiger partial charge on any atom is 0.222 e. The number of ether oxygens (including phenoxy) is 6. The molecule has 14 nitrogen and oxygen atoms in total. The highest BCUT2D eigenvalue weighted by Gasteiger charge is 2.19. The molecular weight excluding hydrogens is 626 g/mol. The van der Waals surface area contributed by atoms with Gasteiger partial charge in [0.05, 0.1) is 52.9 Å². The highest BCUT2D eigenvalue weighted by atomic mass is 16.5. The van der Waals surface area contributed by atoms with Crippen molar-refractivity contribution in [1.82, 2.24) is 16.0 Å². The average Bonchev–Trinajstić information content (AvgIpc) is 2.96. The van der Waals surface area contributed by atoms with Crippen LogP contribution in [0, 0.1) is 0 Å². The van der Waals surface area contributed by atoms with Crippen molar-refractivity contribution in [3.05, 3.63) is 0 Å². The topological polar surface area (TPSA) is 177 Å². The summed E-state index contributed by atoms with van der Waals surface area (Å²) in [5, 5.41) is 8.24. The van der Waals surface area contributed by atoms with Crippen LogP contribution >= 0.6 is 0 Å². The Balaban J connectivity index is -0.000000560. The van der Waals surface area contributed by atoms with E-state index >= 15 is 0 Å². The average molecular weight is 702 g/mol. The minimum Gasteiger partial charge on any atom is -0.382 e. The van der Waals surface area contributed by atoms with Crippen LogP contribution in [0.2, 0.25) is 0 Å². The standard InChI is InChI=1S/C28H51N3O11.6CH4/c1-37-17-18-40-14-6-7-26(34)31-25(23-27(35)29-8-15-41-21-19-38-12-4-2-10-32)24-28(36)30-9-16-42-22-20-39-13-5-3-11-33;;;;;;/h10-11,25H,2-9,12-24H2,1H3,(H,29,35)(H,30,36)(H,31,34);6*1H4. The fourth-order valence-corrected chi connectivity index (χ4v) is 3.35. The molecule has 0 aliphatic heterocycles. The second-order valence-electron chi connectivity index (χ2n) is 9.15. The number of rotatable bonds is 32. The lowest BCUT2D eigenvalue weighted by Gasteiger charge is -2.18. The zero-order chi connectivity index (χ0) is 30.9. The molecule has 0 saturated carbocycles. The van der Waals surface area contributed by atoms with Gasteiger partial charge in [-0.05, 0) is 19.3 Å². The van der Waals surface area contributed by atoms with Crippen molar-refractivity contribution in [3.8, 4) is 0 Å². The number of aldehydes is 2. The minimum absolute atomic E-state index is 0. The largest absolute Gasteiger partial charge is 0.382 e. The van der Waals surface area contributed by atoms with E-state index in [0.29, 0.717) is 91.6 Å². The molecule has 0 atom stereocenters. The summed E-state index contributed by atoms with van der Waals surface area (Å²) in [6.07, 6.45) is 4.54. The summed E-state index contributed by atoms with van der Waals surface area (Å²) < 4.78 is 31.7. The van der Waals surface area contributed by atoms with Gasteiger partial charge in [-0.3, -0.25) is 14.4 Å². The Morgan fingerprint density at radius 2 is 0.896 bits per heavy atom. The van der Waals surface area contributed by atoms with Gasteiger partial charge < -0.3 is 54.0 Å². The van der Waals surface area contributed by atoms with Gasteiger partial charge in [-0.1, -0.05) is 44.6 Å². The third kappa shape index (κ3) is 45.6. The first-order valence-corrected chi connectivity index (χ1v) is 14.6. The molecule has 0 bridgehead atoms. The lowest BCUT2D eigenvalue weighted by atomic mass is 10.1. The van der Waals surface area contributed by atoms with E-state index in [0.717, 1.165) is 12.6 Å². The van der Waals surface area contributed by atoms with Crippen molar-refractivity contribution >= 4 is 30.3 Å². The predicted molar refractivity (Wildman–Crippen MR) is 193 cm³/mol. The molecule has 0 aromatic heterocycles. The van der Waals surface area contributed by atoms with E-state index in [-0.39, 0.29) is 108 Å². The first-order chi connectivity index (χ1) is 20.5. The van der Waals surface area contributed by atoms with Crippen LogP contribution in [0.4, 0.5) is 0 Å². The Labute approximate surface area is 293 Å². The number of carbonyl (C=O) groups is 5. The van der Waals surface area contributed by atoms with E-state index in [4.69, 9.17) is 28.4 Å². The number of methoxy groups -OCH3 is 1. The molecule has 3 amide bonds. The van der Waals surface area contributed by atoms with Crippen LogP contribution < -0.4 is 16.0 Å². The molecule has 0 rings (SSSR count). The minimum atomic E-state index is -0.687. The van der Waals surface area contributed by atoms with Gasteiger partial charge in [0, 0.05) is 78.2 Å². The highest BCUT2D eigenvalue weighted by Crippen LogP contribution is 2.02.